The fraction of sp³-hybridized carbons (Fsp3) is 1.00. The molecule has 0 aromatic heterocycles. The highest BCUT2D eigenvalue weighted by Crippen LogP contribution is 2.66. The van der Waals surface area contributed by atoms with Crippen LogP contribution in [0.3, 0.4) is 0 Å². The molecule has 0 spiro atoms. The van der Waals surface area contributed by atoms with E-state index in [-0.39, 0.29) is 6.29 Å². The Bertz CT molecular complexity index is 493. The van der Waals surface area contributed by atoms with Crippen LogP contribution in [-0.4, -0.2) is 19.0 Å². The molecule has 150 valence electrons. The molecule has 1 heterocycles. The zero-order chi connectivity index (χ0) is 18.7. The molecule has 1 saturated heterocycles. The van der Waals surface area contributed by atoms with Gasteiger partial charge in [0.25, 0.3) is 0 Å². The summed E-state index contributed by atoms with van der Waals surface area (Å²) < 4.78 is 12.3. The monoisotopic (exact) mass is 362 g/mol. The normalized spacial score (nSPS) is 45.5. The molecule has 2 bridgehead atoms. The Balaban J connectivity index is 1.50. The molecule has 8 unspecified atom stereocenters. The van der Waals surface area contributed by atoms with Crippen LogP contribution in [-0.2, 0) is 9.47 Å². The smallest absolute Gasteiger partial charge is 0.158 e. The van der Waals surface area contributed by atoms with Crippen molar-refractivity contribution in [3.05, 3.63) is 0 Å². The molecule has 26 heavy (non-hydrogen) atoms. The van der Waals surface area contributed by atoms with Crippen LogP contribution in [0.1, 0.15) is 86.5 Å². The Hall–Kier alpha value is -0.0800. The topological polar surface area (TPSA) is 18.5 Å². The molecule has 4 aliphatic rings. The number of hydrogen-bond acceptors (Lipinski definition) is 2. The average molecular weight is 363 g/mol. The summed E-state index contributed by atoms with van der Waals surface area (Å²) in [6, 6.07) is 0. The van der Waals surface area contributed by atoms with Crippen molar-refractivity contribution in [2.75, 3.05) is 6.61 Å². The van der Waals surface area contributed by atoms with E-state index in [1.165, 1.54) is 38.5 Å². The molecule has 0 radical (unpaired) electrons. The van der Waals surface area contributed by atoms with E-state index in [0.29, 0.717) is 16.9 Å². The number of ether oxygens (including phenoxy) is 2. The first kappa shape index (κ1) is 19.2. The third-order valence-electron chi connectivity index (χ3n) is 7.73. The highest BCUT2D eigenvalue weighted by atomic mass is 16.7. The maximum atomic E-state index is 6.51. The van der Waals surface area contributed by atoms with Crippen LogP contribution >= 0.6 is 0 Å². The van der Waals surface area contributed by atoms with Gasteiger partial charge in [0.2, 0.25) is 0 Å². The van der Waals surface area contributed by atoms with Crippen molar-refractivity contribution >= 4 is 0 Å². The summed E-state index contributed by atoms with van der Waals surface area (Å²) in [4.78, 5) is 0. The van der Waals surface area contributed by atoms with Gasteiger partial charge in [0.1, 0.15) is 0 Å². The SMILES string of the molecule is CC(C)(C)CC1CC(CC(C)(C)C)C2C3CC(CC3OC3CCCO3)C12. The average Bonchev–Trinajstić information content (AvgIpc) is 3.20. The third kappa shape index (κ3) is 3.88. The quantitative estimate of drug-likeness (QED) is 0.585. The van der Waals surface area contributed by atoms with E-state index in [4.69, 9.17) is 9.47 Å². The van der Waals surface area contributed by atoms with Crippen molar-refractivity contribution in [3.63, 3.8) is 0 Å². The van der Waals surface area contributed by atoms with E-state index >= 15 is 0 Å². The van der Waals surface area contributed by atoms with Gasteiger partial charge in [-0.3, -0.25) is 0 Å². The summed E-state index contributed by atoms with van der Waals surface area (Å²) >= 11 is 0. The zero-order valence-corrected chi connectivity index (χ0v) is 18.1. The molecule has 4 rings (SSSR count). The Morgan fingerprint density at radius 3 is 2.08 bits per heavy atom. The molecule has 0 aromatic carbocycles. The van der Waals surface area contributed by atoms with Gasteiger partial charge < -0.3 is 9.47 Å². The summed E-state index contributed by atoms with van der Waals surface area (Å²) in [6.45, 7) is 15.5. The molecule has 3 aliphatic carbocycles. The maximum absolute atomic E-state index is 6.51. The molecular weight excluding hydrogens is 320 g/mol. The van der Waals surface area contributed by atoms with Crippen molar-refractivity contribution in [3.8, 4) is 0 Å². The lowest BCUT2D eigenvalue weighted by atomic mass is 9.70. The lowest BCUT2D eigenvalue weighted by Gasteiger charge is -2.38. The predicted octanol–water partition coefficient (Wildman–Crippen LogP) is 6.29. The van der Waals surface area contributed by atoms with Crippen molar-refractivity contribution in [2.45, 2.75) is 98.9 Å². The summed E-state index contributed by atoms with van der Waals surface area (Å²) in [7, 11) is 0. The summed E-state index contributed by atoms with van der Waals surface area (Å²) in [5.41, 5.74) is 0.903. The second kappa shape index (κ2) is 6.76. The maximum Gasteiger partial charge on any atom is 0.158 e. The van der Waals surface area contributed by atoms with Gasteiger partial charge in [0, 0.05) is 13.0 Å². The molecule has 0 N–H and O–H groups in total. The minimum absolute atomic E-state index is 0.102. The van der Waals surface area contributed by atoms with E-state index in [1.54, 1.807) is 0 Å². The molecule has 0 aromatic rings. The van der Waals surface area contributed by atoms with Gasteiger partial charge in [-0.2, -0.15) is 0 Å². The second-order valence-electron chi connectivity index (χ2n) is 12.5. The molecule has 0 amide bonds. The third-order valence-corrected chi connectivity index (χ3v) is 7.73. The lowest BCUT2D eigenvalue weighted by molar-refractivity contribution is -0.165. The first-order valence-corrected chi connectivity index (χ1v) is 11.4. The van der Waals surface area contributed by atoms with Gasteiger partial charge >= 0.3 is 0 Å². The fourth-order valence-corrected chi connectivity index (χ4v) is 7.47. The number of rotatable bonds is 4. The lowest BCUT2D eigenvalue weighted by Crippen LogP contribution is -2.37. The molecule has 1 aliphatic heterocycles. The van der Waals surface area contributed by atoms with Crippen LogP contribution in [0.25, 0.3) is 0 Å². The molecule has 2 heteroatoms. The van der Waals surface area contributed by atoms with Crippen molar-refractivity contribution < 1.29 is 9.47 Å². The second-order valence-corrected chi connectivity index (χ2v) is 12.5. The van der Waals surface area contributed by atoms with Crippen LogP contribution in [0.2, 0.25) is 0 Å². The van der Waals surface area contributed by atoms with Gasteiger partial charge in [-0.05, 0) is 84.9 Å². The van der Waals surface area contributed by atoms with E-state index in [0.717, 1.165) is 48.5 Å². The Kier molecular flexibility index (Phi) is 5.01. The van der Waals surface area contributed by atoms with E-state index in [9.17, 15) is 0 Å². The Morgan fingerprint density at radius 1 is 0.846 bits per heavy atom. The molecule has 8 atom stereocenters. The van der Waals surface area contributed by atoms with Gasteiger partial charge in [-0.25, -0.2) is 0 Å². The number of hydrogen-bond donors (Lipinski definition) is 0. The van der Waals surface area contributed by atoms with Crippen molar-refractivity contribution in [1.29, 1.82) is 0 Å². The first-order valence-electron chi connectivity index (χ1n) is 11.4. The van der Waals surface area contributed by atoms with E-state index in [2.05, 4.69) is 41.5 Å². The zero-order valence-electron chi connectivity index (χ0n) is 18.1. The largest absolute Gasteiger partial charge is 0.353 e. The highest BCUT2D eigenvalue weighted by molar-refractivity contribution is 5.09. The van der Waals surface area contributed by atoms with E-state index < -0.39 is 0 Å². The summed E-state index contributed by atoms with van der Waals surface area (Å²) in [5, 5.41) is 0. The van der Waals surface area contributed by atoms with Crippen LogP contribution in [0, 0.1) is 46.3 Å². The van der Waals surface area contributed by atoms with Gasteiger partial charge in [0.15, 0.2) is 6.29 Å². The van der Waals surface area contributed by atoms with Crippen LogP contribution < -0.4 is 0 Å². The number of fused-ring (bicyclic) bond motifs is 5. The molecule has 2 nitrogen and oxygen atoms in total. The highest BCUT2D eigenvalue weighted by Gasteiger charge is 2.61. The van der Waals surface area contributed by atoms with Crippen LogP contribution in [0.5, 0.6) is 0 Å². The Morgan fingerprint density at radius 2 is 1.50 bits per heavy atom. The molecule has 3 saturated carbocycles. The minimum atomic E-state index is 0.102. The molecular formula is C24H42O2. The van der Waals surface area contributed by atoms with Gasteiger partial charge in [-0.1, -0.05) is 41.5 Å². The summed E-state index contributed by atoms with van der Waals surface area (Å²) in [6.07, 6.45) is 9.91. The Labute approximate surface area is 161 Å². The van der Waals surface area contributed by atoms with Gasteiger partial charge in [0.05, 0.1) is 6.10 Å². The van der Waals surface area contributed by atoms with Crippen molar-refractivity contribution in [2.24, 2.45) is 46.3 Å². The summed E-state index contributed by atoms with van der Waals surface area (Å²) in [5.74, 6) is 5.51. The van der Waals surface area contributed by atoms with Crippen molar-refractivity contribution in [1.82, 2.24) is 0 Å². The standard InChI is InChI=1S/C24H42O2/c1-23(2,3)13-16-10-17(14-24(4,5)6)22-18-11-15(21(16)22)12-19(18)26-20-8-7-9-25-20/h15-22H,7-14H2,1-6H3. The van der Waals surface area contributed by atoms with E-state index in [1.807, 2.05) is 0 Å². The fourth-order valence-electron chi connectivity index (χ4n) is 7.47. The minimum Gasteiger partial charge on any atom is -0.353 e. The molecule has 4 fully saturated rings. The first-order chi connectivity index (χ1) is 12.1. The van der Waals surface area contributed by atoms with Crippen LogP contribution in [0.4, 0.5) is 0 Å². The predicted molar refractivity (Wildman–Crippen MR) is 107 cm³/mol. The van der Waals surface area contributed by atoms with Gasteiger partial charge in [-0.15, -0.1) is 0 Å². The van der Waals surface area contributed by atoms with Crippen LogP contribution in [0.15, 0.2) is 0 Å².